The summed E-state index contributed by atoms with van der Waals surface area (Å²) < 4.78 is 5.16. The predicted molar refractivity (Wildman–Crippen MR) is 96.4 cm³/mol. The number of benzene rings is 1. The number of hydrogen-bond acceptors (Lipinski definition) is 4. The molecule has 23 heavy (non-hydrogen) atoms. The van der Waals surface area contributed by atoms with E-state index < -0.39 is 0 Å². The molecule has 2 aromatic rings. The average Bonchev–Trinajstić information content (AvgIpc) is 3.06. The molecule has 0 amide bonds. The minimum atomic E-state index is 0.701. The van der Waals surface area contributed by atoms with Crippen molar-refractivity contribution in [1.82, 2.24) is 15.6 Å². The highest BCUT2D eigenvalue weighted by atomic mass is 32.1. The van der Waals surface area contributed by atoms with Gasteiger partial charge in [-0.2, -0.15) is 0 Å². The molecule has 1 aromatic carbocycles. The van der Waals surface area contributed by atoms with E-state index >= 15 is 0 Å². The fourth-order valence-corrected chi connectivity index (χ4v) is 2.89. The number of aliphatic imine (C=N–C) groups is 1. The van der Waals surface area contributed by atoms with Crippen LogP contribution in [0.25, 0.3) is 0 Å². The van der Waals surface area contributed by atoms with Gasteiger partial charge >= 0.3 is 0 Å². The highest BCUT2D eigenvalue weighted by Gasteiger charge is 2.03. The number of rotatable bonds is 7. The van der Waals surface area contributed by atoms with Crippen molar-refractivity contribution < 1.29 is 4.74 Å². The van der Waals surface area contributed by atoms with Gasteiger partial charge in [-0.3, -0.25) is 4.99 Å². The van der Waals surface area contributed by atoms with Crippen LogP contribution in [0.5, 0.6) is 5.75 Å². The Balaban J connectivity index is 1.73. The van der Waals surface area contributed by atoms with Crippen LogP contribution in [0.15, 0.2) is 35.5 Å². The molecule has 0 bridgehead atoms. The molecule has 0 unspecified atom stereocenters. The molecule has 2 N–H and O–H groups in total. The third-order valence-corrected chi connectivity index (χ3v) is 4.59. The van der Waals surface area contributed by atoms with Crippen molar-refractivity contribution >= 4 is 17.3 Å². The van der Waals surface area contributed by atoms with Crippen LogP contribution in [0, 0.1) is 0 Å². The van der Waals surface area contributed by atoms with Gasteiger partial charge in [-0.25, -0.2) is 4.98 Å². The van der Waals surface area contributed by atoms with E-state index in [9.17, 15) is 0 Å². The van der Waals surface area contributed by atoms with Crippen molar-refractivity contribution in [1.29, 1.82) is 0 Å². The monoisotopic (exact) mass is 332 g/mol. The predicted octanol–water partition coefficient (Wildman–Crippen LogP) is 2.62. The summed E-state index contributed by atoms with van der Waals surface area (Å²) in [7, 11) is 3.46. The zero-order valence-corrected chi connectivity index (χ0v) is 14.7. The van der Waals surface area contributed by atoms with Crippen molar-refractivity contribution in [3.63, 3.8) is 0 Å². The molecule has 6 heteroatoms. The van der Waals surface area contributed by atoms with Crippen molar-refractivity contribution in [2.45, 2.75) is 26.3 Å². The van der Waals surface area contributed by atoms with E-state index in [1.165, 1.54) is 10.4 Å². The minimum absolute atomic E-state index is 0.701. The Kier molecular flexibility index (Phi) is 6.87. The van der Waals surface area contributed by atoms with Gasteiger partial charge in [0, 0.05) is 24.7 Å². The summed E-state index contributed by atoms with van der Waals surface area (Å²) in [5, 5.41) is 7.70. The number of nitrogens with zero attached hydrogens (tertiary/aromatic N) is 2. The van der Waals surface area contributed by atoms with Gasteiger partial charge in [0.25, 0.3) is 0 Å². The third kappa shape index (κ3) is 5.56. The lowest BCUT2D eigenvalue weighted by Gasteiger charge is -2.11. The molecular weight excluding hydrogens is 308 g/mol. The number of ether oxygens (including phenoxy) is 1. The third-order valence-electron chi connectivity index (χ3n) is 3.45. The molecule has 0 saturated carbocycles. The van der Waals surface area contributed by atoms with Crippen molar-refractivity contribution in [2.75, 3.05) is 20.7 Å². The summed E-state index contributed by atoms with van der Waals surface area (Å²) in [5.41, 5.74) is 1.27. The lowest BCUT2D eigenvalue weighted by atomic mass is 10.1. The normalized spacial score (nSPS) is 11.3. The average molecular weight is 332 g/mol. The van der Waals surface area contributed by atoms with Crippen LogP contribution < -0.4 is 15.4 Å². The van der Waals surface area contributed by atoms with Crippen LogP contribution in [0.4, 0.5) is 0 Å². The topological polar surface area (TPSA) is 58.5 Å². The largest absolute Gasteiger partial charge is 0.497 e. The lowest BCUT2D eigenvalue weighted by molar-refractivity contribution is 0.414. The van der Waals surface area contributed by atoms with E-state index in [-0.39, 0.29) is 0 Å². The fraction of sp³-hybridized carbons (Fsp3) is 0.412. The Labute approximate surface area is 141 Å². The smallest absolute Gasteiger partial charge is 0.191 e. The molecule has 0 atom stereocenters. The van der Waals surface area contributed by atoms with Crippen LogP contribution in [0.2, 0.25) is 0 Å². The van der Waals surface area contributed by atoms with E-state index in [1.807, 2.05) is 18.3 Å². The highest BCUT2D eigenvalue weighted by molar-refractivity contribution is 7.11. The summed E-state index contributed by atoms with van der Waals surface area (Å²) in [4.78, 5) is 9.95. The van der Waals surface area contributed by atoms with Gasteiger partial charge in [0.2, 0.25) is 0 Å². The number of thiazole rings is 1. The summed E-state index contributed by atoms with van der Waals surface area (Å²) >= 11 is 1.74. The number of methoxy groups -OCH3 is 1. The van der Waals surface area contributed by atoms with Crippen LogP contribution in [-0.4, -0.2) is 31.6 Å². The molecule has 0 saturated heterocycles. The molecule has 0 aliphatic carbocycles. The molecule has 0 fully saturated rings. The van der Waals surface area contributed by atoms with Gasteiger partial charge in [0.1, 0.15) is 10.8 Å². The van der Waals surface area contributed by atoms with Gasteiger partial charge in [-0.15, -0.1) is 11.3 Å². The van der Waals surface area contributed by atoms with E-state index in [4.69, 9.17) is 4.74 Å². The van der Waals surface area contributed by atoms with Crippen molar-refractivity contribution in [2.24, 2.45) is 4.99 Å². The SMILES string of the molecule is CCc1cnc(CNC(=NC)NCCc2ccc(OC)cc2)s1. The maximum Gasteiger partial charge on any atom is 0.191 e. The second-order valence-corrected chi connectivity index (χ2v) is 6.22. The molecule has 5 nitrogen and oxygen atoms in total. The Morgan fingerprint density at radius 3 is 2.65 bits per heavy atom. The second kappa shape index (κ2) is 9.15. The Morgan fingerprint density at radius 1 is 1.26 bits per heavy atom. The standard InChI is InChI=1S/C17H24N4OS/c1-4-15-11-20-16(23-15)12-21-17(18-2)19-10-9-13-5-7-14(22-3)8-6-13/h5-8,11H,4,9-10,12H2,1-3H3,(H2,18,19,21). The molecule has 1 aromatic heterocycles. The van der Waals surface area contributed by atoms with Crippen LogP contribution in [0.3, 0.4) is 0 Å². The van der Waals surface area contributed by atoms with Crippen LogP contribution in [0.1, 0.15) is 22.4 Å². The van der Waals surface area contributed by atoms with E-state index in [1.54, 1.807) is 25.5 Å². The molecule has 124 valence electrons. The van der Waals surface area contributed by atoms with Gasteiger partial charge in [0.15, 0.2) is 5.96 Å². The first-order chi connectivity index (χ1) is 11.2. The van der Waals surface area contributed by atoms with Crippen LogP contribution >= 0.6 is 11.3 Å². The van der Waals surface area contributed by atoms with Gasteiger partial charge in [0.05, 0.1) is 13.7 Å². The molecular formula is C17H24N4OS. The first-order valence-corrected chi connectivity index (χ1v) is 8.57. The molecule has 0 radical (unpaired) electrons. The maximum atomic E-state index is 5.16. The first kappa shape index (κ1) is 17.3. The Morgan fingerprint density at radius 2 is 2.04 bits per heavy atom. The molecule has 0 aliphatic rings. The fourth-order valence-electron chi connectivity index (χ4n) is 2.09. The Bertz CT molecular complexity index is 622. The lowest BCUT2D eigenvalue weighted by Crippen LogP contribution is -2.37. The molecule has 1 heterocycles. The molecule has 0 aliphatic heterocycles. The number of nitrogens with one attached hydrogen (secondary N) is 2. The number of aromatic nitrogens is 1. The summed E-state index contributed by atoms with van der Waals surface area (Å²) in [6.07, 6.45) is 3.91. The Hall–Kier alpha value is -2.08. The zero-order valence-electron chi connectivity index (χ0n) is 13.9. The minimum Gasteiger partial charge on any atom is -0.497 e. The number of aryl methyl sites for hydroxylation is 1. The number of guanidine groups is 1. The van der Waals surface area contributed by atoms with E-state index in [0.717, 1.165) is 36.1 Å². The van der Waals surface area contributed by atoms with E-state index in [0.29, 0.717) is 6.54 Å². The number of hydrogen-bond donors (Lipinski definition) is 2. The van der Waals surface area contributed by atoms with E-state index in [2.05, 4.69) is 39.7 Å². The second-order valence-electron chi connectivity index (χ2n) is 5.02. The summed E-state index contributed by atoms with van der Waals surface area (Å²) in [5.74, 6) is 1.68. The quantitative estimate of drug-likeness (QED) is 0.604. The van der Waals surface area contributed by atoms with Gasteiger partial charge in [-0.05, 0) is 30.5 Å². The first-order valence-electron chi connectivity index (χ1n) is 7.76. The zero-order chi connectivity index (χ0) is 16.5. The summed E-state index contributed by atoms with van der Waals surface area (Å²) in [6.45, 7) is 3.67. The van der Waals surface area contributed by atoms with Crippen molar-refractivity contribution in [3.8, 4) is 5.75 Å². The maximum absolute atomic E-state index is 5.16. The summed E-state index contributed by atoms with van der Waals surface area (Å²) in [6, 6.07) is 8.13. The van der Waals surface area contributed by atoms with Gasteiger partial charge in [-0.1, -0.05) is 19.1 Å². The van der Waals surface area contributed by atoms with Crippen LogP contribution in [-0.2, 0) is 19.4 Å². The van der Waals surface area contributed by atoms with Crippen molar-refractivity contribution in [3.05, 3.63) is 45.9 Å². The molecule has 2 rings (SSSR count). The highest BCUT2D eigenvalue weighted by Crippen LogP contribution is 2.13. The molecule has 0 spiro atoms. The van der Waals surface area contributed by atoms with Gasteiger partial charge < -0.3 is 15.4 Å².